The van der Waals surface area contributed by atoms with Crippen LogP contribution in [-0.4, -0.2) is 52.5 Å². The molecule has 2 heterocycles. The lowest BCUT2D eigenvalue weighted by molar-refractivity contribution is 0.0370. The Morgan fingerprint density at radius 3 is 2.59 bits per heavy atom. The summed E-state index contributed by atoms with van der Waals surface area (Å²) in [4.78, 5) is 24.2. The quantitative estimate of drug-likeness (QED) is 0.407. The highest BCUT2D eigenvalue weighted by molar-refractivity contribution is 8.00. The first-order chi connectivity index (χ1) is 12.7. The summed E-state index contributed by atoms with van der Waals surface area (Å²) in [5, 5.41) is 3.78. The predicted octanol–water partition coefficient (Wildman–Crippen LogP) is 0.655. The Hall–Kier alpha value is -2.38. The summed E-state index contributed by atoms with van der Waals surface area (Å²) in [5.41, 5.74) is -0.168. The largest absolute Gasteiger partial charge is 0.457 e. The van der Waals surface area contributed by atoms with Crippen molar-refractivity contribution < 1.29 is 22.7 Å². The van der Waals surface area contributed by atoms with Gasteiger partial charge in [0.15, 0.2) is 0 Å². The van der Waals surface area contributed by atoms with Crippen LogP contribution in [0, 0.1) is 11.7 Å². The number of hydrogen-bond acceptors (Lipinski definition) is 9. The minimum absolute atomic E-state index is 0.168. The van der Waals surface area contributed by atoms with E-state index >= 15 is 0 Å². The number of benzene rings is 1. The highest BCUT2D eigenvalue weighted by atomic mass is 32.2. The van der Waals surface area contributed by atoms with Crippen LogP contribution in [0.15, 0.2) is 29.2 Å². The number of carbonyl (C=O) groups is 2. The molecule has 1 amide bonds. The van der Waals surface area contributed by atoms with Gasteiger partial charge in [-0.1, -0.05) is 12.1 Å². The number of amides is 1. The second kappa shape index (κ2) is 7.32. The fourth-order valence-corrected chi connectivity index (χ4v) is 4.13. The fraction of sp³-hybridized carbons (Fsp3) is 0.286. The monoisotopic (exact) mass is 429 g/mol. The summed E-state index contributed by atoms with van der Waals surface area (Å²) in [6.07, 6.45) is -0.248. The van der Waals surface area contributed by atoms with Crippen molar-refractivity contribution in [1.82, 2.24) is 19.2 Å². The minimum Gasteiger partial charge on any atom is -0.457 e. The van der Waals surface area contributed by atoms with Crippen molar-refractivity contribution >= 4 is 46.0 Å². The summed E-state index contributed by atoms with van der Waals surface area (Å²) in [7, 11) is -4.39. The maximum absolute atomic E-state index is 12.7. The van der Waals surface area contributed by atoms with Gasteiger partial charge in [-0.15, -0.1) is 5.10 Å². The lowest BCUT2D eigenvalue weighted by Crippen LogP contribution is -2.36. The third-order valence-corrected chi connectivity index (χ3v) is 6.64. The van der Waals surface area contributed by atoms with Gasteiger partial charge < -0.3 is 10.6 Å². The van der Waals surface area contributed by atoms with Gasteiger partial charge in [0.2, 0.25) is 4.77 Å². The van der Waals surface area contributed by atoms with Crippen LogP contribution < -0.4 is 10.6 Å². The number of nitrogens with one attached hydrogen (secondary N) is 1. The Bertz CT molecular complexity index is 1070. The molecule has 0 atom stereocenters. The molecule has 1 aliphatic heterocycles. The fourth-order valence-electron chi connectivity index (χ4n) is 2.19. The molecule has 0 spiro atoms. The van der Waals surface area contributed by atoms with E-state index in [4.69, 9.17) is 22.8 Å². The number of aryl methyl sites for hydroxylation is 1. The van der Waals surface area contributed by atoms with E-state index in [9.17, 15) is 18.0 Å². The van der Waals surface area contributed by atoms with Crippen molar-refractivity contribution in [1.29, 1.82) is 0 Å². The average Bonchev–Trinajstić information content (AvgIpc) is 2.85. The molecule has 27 heavy (non-hydrogen) atoms. The highest BCUT2D eigenvalue weighted by Crippen LogP contribution is 2.23. The maximum Gasteiger partial charge on any atom is 0.358 e. The van der Waals surface area contributed by atoms with Crippen molar-refractivity contribution in [2.45, 2.75) is 17.9 Å². The van der Waals surface area contributed by atoms with E-state index in [-0.39, 0.29) is 27.2 Å². The normalized spacial score (nSPS) is 14.4. The van der Waals surface area contributed by atoms with Gasteiger partial charge in [0.1, 0.15) is 16.8 Å². The van der Waals surface area contributed by atoms with E-state index in [2.05, 4.69) is 5.10 Å². The molecule has 0 aliphatic carbocycles. The molecule has 0 bridgehead atoms. The minimum atomic E-state index is -4.39. The molecule has 0 unspecified atom stereocenters. The molecule has 3 rings (SSSR count). The molecule has 1 aromatic carbocycles. The number of thioether (sulfide) groups is 1. The van der Waals surface area contributed by atoms with E-state index in [0.29, 0.717) is 16.2 Å². The van der Waals surface area contributed by atoms with Crippen LogP contribution in [0.25, 0.3) is 0 Å². The molecule has 144 valence electrons. The number of ether oxygens (including phenoxy) is 1. The highest BCUT2D eigenvalue weighted by Gasteiger charge is 2.29. The van der Waals surface area contributed by atoms with Crippen LogP contribution in [0.4, 0.5) is 4.79 Å². The van der Waals surface area contributed by atoms with Gasteiger partial charge in [0, 0.05) is 11.5 Å². The summed E-state index contributed by atoms with van der Waals surface area (Å²) < 4.78 is 33.8. The van der Waals surface area contributed by atoms with Gasteiger partial charge in [-0.05, 0) is 31.3 Å². The average molecular weight is 430 g/mol. The van der Waals surface area contributed by atoms with E-state index in [1.165, 1.54) is 31.2 Å². The molecule has 0 radical (unpaired) electrons. The molecule has 1 saturated heterocycles. The topological polar surface area (TPSA) is 138 Å². The predicted molar refractivity (Wildman–Crippen MR) is 100 cm³/mol. The van der Waals surface area contributed by atoms with Gasteiger partial charge in [-0.25, -0.2) is 27.4 Å². The van der Waals surface area contributed by atoms with E-state index in [1.54, 1.807) is 11.8 Å². The summed E-state index contributed by atoms with van der Waals surface area (Å²) in [6, 6.07) is 4.33. The molecule has 2 aromatic rings. The molecular formula is C14H15N5O5S3. The van der Waals surface area contributed by atoms with Crippen molar-refractivity contribution in [2.75, 3.05) is 17.3 Å². The lowest BCUT2D eigenvalue weighted by Gasteiger charge is -2.25. The Morgan fingerprint density at radius 1 is 1.37 bits per heavy atom. The number of hydrogen-bond donors (Lipinski definition) is 2. The van der Waals surface area contributed by atoms with Crippen molar-refractivity contribution in [3.05, 3.63) is 40.4 Å². The zero-order valence-electron chi connectivity index (χ0n) is 14.0. The van der Waals surface area contributed by atoms with Crippen LogP contribution in [0.5, 0.6) is 0 Å². The van der Waals surface area contributed by atoms with Crippen LogP contribution in [-0.2, 0) is 14.8 Å². The van der Waals surface area contributed by atoms with Gasteiger partial charge in [-0.3, -0.25) is 0 Å². The van der Waals surface area contributed by atoms with Crippen molar-refractivity contribution in [2.24, 2.45) is 0 Å². The zero-order chi connectivity index (χ0) is 19.8. The zero-order valence-corrected chi connectivity index (χ0v) is 16.4. The Labute approximate surface area is 163 Å². The van der Waals surface area contributed by atoms with E-state index in [0.717, 1.165) is 4.68 Å². The van der Waals surface area contributed by atoms with Crippen LogP contribution in [0.1, 0.15) is 16.2 Å². The lowest BCUT2D eigenvalue weighted by atomic mass is 10.2. The first-order valence-corrected chi connectivity index (χ1v) is 10.6. The molecular weight excluding hydrogens is 414 g/mol. The molecule has 13 heteroatoms. The summed E-state index contributed by atoms with van der Waals surface area (Å²) >= 11 is 6.56. The van der Waals surface area contributed by atoms with Crippen LogP contribution in [0.3, 0.4) is 0 Å². The second-order valence-corrected chi connectivity index (χ2v) is 8.67. The first-order valence-electron chi connectivity index (χ1n) is 7.59. The van der Waals surface area contributed by atoms with Gasteiger partial charge in [-0.2, -0.15) is 16.4 Å². The van der Waals surface area contributed by atoms with Crippen LogP contribution >= 0.6 is 24.0 Å². The number of aromatic nitrogens is 3. The third-order valence-electron chi connectivity index (χ3n) is 3.67. The molecule has 1 aromatic heterocycles. The molecule has 3 N–H and O–H groups in total. The maximum atomic E-state index is 12.7. The standard InChI is InChI=1S/C14H15N5O5S3/c1-8-16-19(14(25)18(8)15)13(21)17-27(22,23)11-5-3-2-4-10(11)12(20)24-9-6-26-7-9/h2-5,9H,6-7,15H2,1H3,(H,17,21). The smallest absolute Gasteiger partial charge is 0.358 e. The second-order valence-electron chi connectivity index (χ2n) is 5.58. The third kappa shape index (κ3) is 3.84. The molecule has 1 aliphatic rings. The van der Waals surface area contributed by atoms with E-state index < -0.39 is 22.0 Å². The van der Waals surface area contributed by atoms with Gasteiger partial charge in [0.05, 0.1) is 5.56 Å². The number of rotatable bonds is 4. The summed E-state index contributed by atoms with van der Waals surface area (Å²) in [5.74, 6) is 6.35. The number of nitrogen functional groups attached to an aromatic ring is 1. The van der Waals surface area contributed by atoms with Crippen molar-refractivity contribution in [3.8, 4) is 0 Å². The van der Waals surface area contributed by atoms with E-state index in [1.807, 2.05) is 4.72 Å². The Kier molecular flexibility index (Phi) is 5.26. The SMILES string of the molecule is Cc1nn(C(=O)NS(=O)(=O)c2ccccc2C(=O)OC2CSC2)c(=S)n1N. The summed E-state index contributed by atoms with van der Waals surface area (Å²) in [6.45, 7) is 1.50. The van der Waals surface area contributed by atoms with Crippen LogP contribution in [0.2, 0.25) is 0 Å². The van der Waals surface area contributed by atoms with Gasteiger partial charge >= 0.3 is 12.0 Å². The molecule has 10 nitrogen and oxygen atoms in total. The number of carbonyl (C=O) groups excluding carboxylic acids is 2. The van der Waals surface area contributed by atoms with Gasteiger partial charge in [0.25, 0.3) is 10.0 Å². The Balaban J connectivity index is 1.88. The number of esters is 1. The number of nitrogens with two attached hydrogens (primary N) is 1. The Morgan fingerprint density at radius 2 is 2.04 bits per heavy atom. The molecule has 1 fully saturated rings. The number of sulfonamides is 1. The number of nitrogens with zero attached hydrogens (tertiary/aromatic N) is 3. The van der Waals surface area contributed by atoms with Crippen molar-refractivity contribution in [3.63, 3.8) is 0 Å². The molecule has 0 saturated carbocycles. The first kappa shape index (κ1) is 19.4.